The fourth-order valence-corrected chi connectivity index (χ4v) is 1.56. The molecule has 1 aromatic carbocycles. The van der Waals surface area contributed by atoms with E-state index >= 15 is 0 Å². The molecule has 0 atom stereocenters. The Morgan fingerprint density at radius 2 is 2.00 bits per heavy atom. The standard InChI is InChI=1S/C8H6F3IO2/c9-8(10,11)14-7-3-1-2-6(12)5(7)4-13/h1-3,13H,4H2. The number of aliphatic hydroxyl groups is 1. The third-order valence-corrected chi connectivity index (χ3v) is 2.47. The second-order valence-electron chi connectivity index (χ2n) is 2.42. The van der Waals surface area contributed by atoms with Crippen molar-refractivity contribution >= 4 is 22.6 Å². The molecule has 0 saturated carbocycles. The molecule has 1 N–H and O–H groups in total. The van der Waals surface area contributed by atoms with E-state index < -0.39 is 13.0 Å². The Labute approximate surface area is 91.8 Å². The highest BCUT2D eigenvalue weighted by molar-refractivity contribution is 14.1. The van der Waals surface area contributed by atoms with Crippen LogP contribution in [0.1, 0.15) is 5.56 Å². The first-order valence-corrected chi connectivity index (χ1v) is 4.66. The molecular formula is C8H6F3IO2. The van der Waals surface area contributed by atoms with Gasteiger partial charge in [-0.3, -0.25) is 0 Å². The third-order valence-electron chi connectivity index (χ3n) is 1.46. The van der Waals surface area contributed by atoms with Crippen LogP contribution in [0.5, 0.6) is 5.75 Å². The maximum atomic E-state index is 11.9. The van der Waals surface area contributed by atoms with E-state index in [1.807, 2.05) is 22.6 Å². The summed E-state index contributed by atoms with van der Waals surface area (Å²) in [5.74, 6) is -0.355. The minimum Gasteiger partial charge on any atom is -0.405 e. The summed E-state index contributed by atoms with van der Waals surface area (Å²) in [7, 11) is 0. The van der Waals surface area contributed by atoms with Gasteiger partial charge in [0.15, 0.2) is 0 Å². The number of halogens is 4. The second-order valence-corrected chi connectivity index (χ2v) is 3.58. The van der Waals surface area contributed by atoms with Crippen LogP contribution in [0.3, 0.4) is 0 Å². The van der Waals surface area contributed by atoms with Crippen LogP contribution >= 0.6 is 22.6 Å². The van der Waals surface area contributed by atoms with E-state index in [0.717, 1.165) is 0 Å². The van der Waals surface area contributed by atoms with Crippen LogP contribution in [-0.4, -0.2) is 11.5 Å². The van der Waals surface area contributed by atoms with Gasteiger partial charge in [-0.05, 0) is 34.7 Å². The Bertz CT molecular complexity index is 325. The monoisotopic (exact) mass is 318 g/mol. The molecular weight excluding hydrogens is 312 g/mol. The van der Waals surface area contributed by atoms with E-state index in [1.165, 1.54) is 12.1 Å². The van der Waals surface area contributed by atoms with Gasteiger partial charge < -0.3 is 9.84 Å². The Hall–Kier alpha value is -0.500. The predicted octanol–water partition coefficient (Wildman–Crippen LogP) is 2.68. The van der Waals surface area contributed by atoms with Crippen molar-refractivity contribution in [1.29, 1.82) is 0 Å². The van der Waals surface area contributed by atoms with Crippen LogP contribution in [0.4, 0.5) is 13.2 Å². The number of aliphatic hydroxyl groups excluding tert-OH is 1. The topological polar surface area (TPSA) is 29.5 Å². The minimum atomic E-state index is -4.73. The maximum absolute atomic E-state index is 11.9. The quantitative estimate of drug-likeness (QED) is 0.850. The smallest absolute Gasteiger partial charge is 0.405 e. The summed E-state index contributed by atoms with van der Waals surface area (Å²) in [5, 5.41) is 8.84. The lowest BCUT2D eigenvalue weighted by Gasteiger charge is -2.12. The minimum absolute atomic E-state index is 0.144. The lowest BCUT2D eigenvalue weighted by atomic mass is 10.2. The Kier molecular flexibility index (Phi) is 3.59. The highest BCUT2D eigenvalue weighted by atomic mass is 127. The number of alkyl halides is 3. The molecule has 6 heteroatoms. The summed E-state index contributed by atoms with van der Waals surface area (Å²) in [4.78, 5) is 0. The van der Waals surface area contributed by atoms with E-state index in [2.05, 4.69) is 4.74 Å². The summed E-state index contributed by atoms with van der Waals surface area (Å²) in [6.45, 7) is -0.482. The van der Waals surface area contributed by atoms with Crippen molar-refractivity contribution < 1.29 is 23.0 Å². The van der Waals surface area contributed by atoms with Gasteiger partial charge in [-0.15, -0.1) is 13.2 Å². The average molecular weight is 318 g/mol. The first kappa shape index (κ1) is 11.6. The van der Waals surface area contributed by atoms with Crippen LogP contribution in [0.15, 0.2) is 18.2 Å². The molecule has 0 fully saturated rings. The van der Waals surface area contributed by atoms with Gasteiger partial charge in [-0.25, -0.2) is 0 Å². The Balaban J connectivity index is 3.02. The summed E-state index contributed by atoms with van der Waals surface area (Å²) in [6, 6.07) is 4.19. The van der Waals surface area contributed by atoms with Crippen molar-refractivity contribution in [2.24, 2.45) is 0 Å². The fourth-order valence-electron chi connectivity index (χ4n) is 0.913. The van der Waals surface area contributed by atoms with Crippen LogP contribution in [0.25, 0.3) is 0 Å². The van der Waals surface area contributed by atoms with Gasteiger partial charge in [0.25, 0.3) is 0 Å². The van der Waals surface area contributed by atoms with Gasteiger partial charge in [0.05, 0.1) is 6.61 Å². The molecule has 1 rings (SSSR count). The van der Waals surface area contributed by atoms with Gasteiger partial charge in [0.2, 0.25) is 0 Å². The molecule has 0 spiro atoms. The van der Waals surface area contributed by atoms with E-state index in [0.29, 0.717) is 3.57 Å². The molecule has 0 unspecified atom stereocenters. The summed E-state index contributed by atoms with van der Waals surface area (Å²) in [6.07, 6.45) is -4.73. The number of rotatable bonds is 2. The molecule has 0 radical (unpaired) electrons. The average Bonchev–Trinajstić information content (AvgIpc) is 2.01. The van der Waals surface area contributed by atoms with Gasteiger partial charge in [0.1, 0.15) is 5.75 Å². The zero-order chi connectivity index (χ0) is 10.8. The number of hydrogen-bond donors (Lipinski definition) is 1. The Morgan fingerprint density at radius 1 is 1.36 bits per heavy atom. The van der Waals surface area contributed by atoms with E-state index in [9.17, 15) is 13.2 Å². The highest BCUT2D eigenvalue weighted by Gasteiger charge is 2.32. The molecule has 0 amide bonds. The summed E-state index contributed by atoms with van der Waals surface area (Å²) >= 11 is 1.83. The lowest BCUT2D eigenvalue weighted by molar-refractivity contribution is -0.275. The van der Waals surface area contributed by atoms with Crippen LogP contribution in [-0.2, 0) is 6.61 Å². The zero-order valence-electron chi connectivity index (χ0n) is 6.81. The molecule has 0 heterocycles. The van der Waals surface area contributed by atoms with Gasteiger partial charge in [0, 0.05) is 9.13 Å². The molecule has 14 heavy (non-hydrogen) atoms. The van der Waals surface area contributed by atoms with E-state index in [1.54, 1.807) is 6.07 Å². The second kappa shape index (κ2) is 4.35. The SMILES string of the molecule is OCc1c(I)cccc1OC(F)(F)F. The number of ether oxygens (including phenoxy) is 1. The molecule has 1 aromatic rings. The number of benzene rings is 1. The van der Waals surface area contributed by atoms with Crippen molar-refractivity contribution in [3.63, 3.8) is 0 Å². The van der Waals surface area contributed by atoms with Crippen molar-refractivity contribution in [3.05, 3.63) is 27.3 Å². The van der Waals surface area contributed by atoms with Gasteiger partial charge in [-0.2, -0.15) is 0 Å². The van der Waals surface area contributed by atoms with Crippen LogP contribution in [0.2, 0.25) is 0 Å². The molecule has 0 aliphatic carbocycles. The fraction of sp³-hybridized carbons (Fsp3) is 0.250. The van der Waals surface area contributed by atoms with Crippen LogP contribution in [0, 0.1) is 3.57 Å². The summed E-state index contributed by atoms with van der Waals surface area (Å²) in [5.41, 5.74) is 0.144. The molecule has 78 valence electrons. The zero-order valence-corrected chi connectivity index (χ0v) is 8.96. The predicted molar refractivity (Wildman–Crippen MR) is 51.8 cm³/mol. The molecule has 0 aromatic heterocycles. The maximum Gasteiger partial charge on any atom is 0.573 e. The molecule has 0 bridgehead atoms. The normalized spacial score (nSPS) is 11.5. The molecule has 0 aliphatic heterocycles. The van der Waals surface area contributed by atoms with Gasteiger partial charge in [-0.1, -0.05) is 6.07 Å². The first-order valence-electron chi connectivity index (χ1n) is 3.58. The first-order chi connectivity index (χ1) is 6.44. The molecule has 0 aliphatic rings. The largest absolute Gasteiger partial charge is 0.573 e. The summed E-state index contributed by atoms with van der Waals surface area (Å²) < 4.78 is 39.9. The third kappa shape index (κ3) is 3.02. The van der Waals surface area contributed by atoms with Crippen molar-refractivity contribution in [1.82, 2.24) is 0 Å². The van der Waals surface area contributed by atoms with Crippen LogP contribution < -0.4 is 4.74 Å². The lowest BCUT2D eigenvalue weighted by Crippen LogP contribution is -2.18. The molecule has 0 saturated heterocycles. The Morgan fingerprint density at radius 3 is 2.50 bits per heavy atom. The number of hydrogen-bond acceptors (Lipinski definition) is 2. The van der Waals surface area contributed by atoms with Crippen molar-refractivity contribution in [3.8, 4) is 5.75 Å². The van der Waals surface area contributed by atoms with E-state index in [4.69, 9.17) is 5.11 Å². The highest BCUT2D eigenvalue weighted by Crippen LogP contribution is 2.29. The van der Waals surface area contributed by atoms with Gasteiger partial charge >= 0.3 is 6.36 Å². The van der Waals surface area contributed by atoms with E-state index in [-0.39, 0.29) is 11.3 Å². The van der Waals surface area contributed by atoms with Crippen molar-refractivity contribution in [2.45, 2.75) is 13.0 Å². The van der Waals surface area contributed by atoms with Crippen molar-refractivity contribution in [2.75, 3.05) is 0 Å². The molecule has 2 nitrogen and oxygen atoms in total.